The molecule has 0 radical (unpaired) electrons. The predicted octanol–water partition coefficient (Wildman–Crippen LogP) is 0.897. The van der Waals surface area contributed by atoms with Gasteiger partial charge >= 0.3 is 0 Å². The molecule has 0 heterocycles. The smallest absolute Gasteiger partial charge is 0.296 e. The molecule has 0 saturated carbocycles. The molecule has 7 heteroatoms. The van der Waals surface area contributed by atoms with Crippen molar-refractivity contribution in [2.45, 2.75) is 11.8 Å². The lowest BCUT2D eigenvalue weighted by Gasteiger charge is -2.09. The Hall–Kier alpha value is -1.18. The van der Waals surface area contributed by atoms with Gasteiger partial charge in [-0.1, -0.05) is 6.07 Å². The molecular weight excluding hydrogens is 236 g/mol. The average molecular weight is 246 g/mol. The Kier molecular flexibility index (Phi) is 3.28. The molecule has 0 aliphatic carbocycles. The molecule has 0 aromatic heterocycles. The minimum atomic E-state index is -4.28. The molecule has 0 spiro atoms. The highest BCUT2D eigenvalue weighted by Crippen LogP contribution is 2.22. The number of nitrogens with two attached hydrogens (primary N) is 1. The lowest BCUT2D eigenvalue weighted by atomic mass is 10.2. The summed E-state index contributed by atoms with van der Waals surface area (Å²) in [6, 6.07) is 4.49. The van der Waals surface area contributed by atoms with Gasteiger partial charge in [0.1, 0.15) is 4.90 Å². The van der Waals surface area contributed by atoms with Gasteiger partial charge in [0.25, 0.3) is 10.1 Å². The van der Waals surface area contributed by atoms with Crippen LogP contribution >= 0.6 is 12.2 Å². The number of benzene rings is 1. The van der Waals surface area contributed by atoms with E-state index in [2.05, 4.69) is 17.5 Å². The van der Waals surface area contributed by atoms with Crippen molar-refractivity contribution < 1.29 is 13.0 Å². The molecule has 0 unspecified atom stereocenters. The fraction of sp³-hybridized carbons (Fsp3) is 0.125. The first-order valence-electron chi connectivity index (χ1n) is 3.95. The summed E-state index contributed by atoms with van der Waals surface area (Å²) in [6.07, 6.45) is 0. The quantitative estimate of drug-likeness (QED) is 0.530. The molecule has 15 heavy (non-hydrogen) atoms. The van der Waals surface area contributed by atoms with Gasteiger partial charge in [-0.25, -0.2) is 0 Å². The van der Waals surface area contributed by atoms with Crippen LogP contribution in [0.3, 0.4) is 0 Å². The van der Waals surface area contributed by atoms with E-state index in [-0.39, 0.29) is 15.7 Å². The van der Waals surface area contributed by atoms with Gasteiger partial charge in [-0.05, 0) is 36.8 Å². The number of hydrogen-bond donors (Lipinski definition) is 3. The third kappa shape index (κ3) is 3.15. The summed E-state index contributed by atoms with van der Waals surface area (Å²) in [7, 11) is -4.28. The average Bonchev–Trinajstić information content (AvgIpc) is 2.05. The van der Waals surface area contributed by atoms with Crippen molar-refractivity contribution in [1.82, 2.24) is 0 Å². The van der Waals surface area contributed by atoms with Crippen LogP contribution in [0.15, 0.2) is 23.1 Å². The topological polar surface area (TPSA) is 92.4 Å². The third-order valence-corrected chi connectivity index (χ3v) is 2.67. The number of hydrogen-bond acceptors (Lipinski definition) is 3. The standard InChI is InChI=1S/C8H10N2O3S2/c1-5-2-3-6(10-8(9)14)7(4-5)15(11,12)13/h2-4H,1H3,(H3,9,10,14)(H,11,12,13). The van der Waals surface area contributed by atoms with Crippen molar-refractivity contribution in [3.63, 3.8) is 0 Å². The van der Waals surface area contributed by atoms with Gasteiger partial charge in [0, 0.05) is 0 Å². The highest BCUT2D eigenvalue weighted by molar-refractivity contribution is 7.86. The second-order valence-electron chi connectivity index (χ2n) is 2.96. The minimum Gasteiger partial charge on any atom is -0.376 e. The highest BCUT2D eigenvalue weighted by Gasteiger charge is 2.15. The second-order valence-corrected chi connectivity index (χ2v) is 4.79. The summed E-state index contributed by atoms with van der Waals surface area (Å²) >= 11 is 4.58. The van der Waals surface area contributed by atoms with Crippen LogP contribution in [0.4, 0.5) is 5.69 Å². The Morgan fingerprint density at radius 2 is 2.13 bits per heavy atom. The van der Waals surface area contributed by atoms with Crippen LogP contribution < -0.4 is 11.1 Å². The first-order valence-corrected chi connectivity index (χ1v) is 5.80. The number of aryl methyl sites for hydroxylation is 1. The Bertz CT molecular complexity index is 497. The zero-order valence-corrected chi connectivity index (χ0v) is 9.52. The molecule has 0 aliphatic rings. The number of anilines is 1. The van der Waals surface area contributed by atoms with Crippen molar-refractivity contribution in [1.29, 1.82) is 0 Å². The van der Waals surface area contributed by atoms with Gasteiger partial charge in [0.15, 0.2) is 5.11 Å². The van der Waals surface area contributed by atoms with Crippen molar-refractivity contribution in [2.24, 2.45) is 5.73 Å². The van der Waals surface area contributed by atoms with Crippen LogP contribution in [-0.4, -0.2) is 18.1 Å². The van der Waals surface area contributed by atoms with Gasteiger partial charge in [-0.15, -0.1) is 0 Å². The summed E-state index contributed by atoms with van der Waals surface area (Å²) in [5.41, 5.74) is 6.09. The molecule has 1 aromatic carbocycles. The maximum atomic E-state index is 11.0. The molecule has 4 N–H and O–H groups in total. The largest absolute Gasteiger partial charge is 0.376 e. The first-order chi connectivity index (χ1) is 6.80. The lowest BCUT2D eigenvalue weighted by Crippen LogP contribution is -2.20. The van der Waals surface area contributed by atoms with Crippen molar-refractivity contribution in [3.8, 4) is 0 Å². The van der Waals surface area contributed by atoms with Gasteiger partial charge in [0.2, 0.25) is 0 Å². The summed E-state index contributed by atoms with van der Waals surface area (Å²) in [5, 5.41) is 2.41. The molecule has 0 saturated heterocycles. The zero-order valence-electron chi connectivity index (χ0n) is 7.89. The maximum absolute atomic E-state index is 11.0. The molecular formula is C8H10N2O3S2. The summed E-state index contributed by atoms with van der Waals surface area (Å²) < 4.78 is 31.0. The first kappa shape index (κ1) is 11.9. The van der Waals surface area contributed by atoms with E-state index in [4.69, 9.17) is 10.3 Å². The molecule has 0 amide bonds. The Morgan fingerprint density at radius 1 is 1.53 bits per heavy atom. The van der Waals surface area contributed by atoms with E-state index in [0.29, 0.717) is 5.56 Å². The monoisotopic (exact) mass is 246 g/mol. The third-order valence-electron chi connectivity index (χ3n) is 1.67. The number of nitrogens with one attached hydrogen (secondary N) is 1. The predicted molar refractivity (Wildman–Crippen MR) is 61.4 cm³/mol. The normalized spacial score (nSPS) is 11.1. The molecule has 0 aliphatic heterocycles. The zero-order chi connectivity index (χ0) is 11.6. The van der Waals surface area contributed by atoms with Crippen LogP contribution in [-0.2, 0) is 10.1 Å². The van der Waals surface area contributed by atoms with Crippen LogP contribution in [0, 0.1) is 6.92 Å². The minimum absolute atomic E-state index is 0.0660. The molecule has 0 fully saturated rings. The van der Waals surface area contributed by atoms with Crippen LogP contribution in [0.5, 0.6) is 0 Å². The lowest BCUT2D eigenvalue weighted by molar-refractivity contribution is 0.483. The maximum Gasteiger partial charge on any atom is 0.296 e. The van der Waals surface area contributed by atoms with Gasteiger partial charge < -0.3 is 11.1 Å². The summed E-state index contributed by atoms with van der Waals surface area (Å²) in [6.45, 7) is 1.71. The van der Waals surface area contributed by atoms with E-state index in [1.54, 1.807) is 13.0 Å². The van der Waals surface area contributed by atoms with E-state index in [0.717, 1.165) is 0 Å². The van der Waals surface area contributed by atoms with Crippen molar-refractivity contribution in [3.05, 3.63) is 23.8 Å². The van der Waals surface area contributed by atoms with Crippen molar-refractivity contribution >= 4 is 33.1 Å². The molecule has 1 aromatic rings. The van der Waals surface area contributed by atoms with E-state index in [1.807, 2.05) is 0 Å². The van der Waals surface area contributed by atoms with Gasteiger partial charge in [0.05, 0.1) is 5.69 Å². The van der Waals surface area contributed by atoms with E-state index < -0.39 is 10.1 Å². The van der Waals surface area contributed by atoms with Gasteiger partial charge in [-0.3, -0.25) is 4.55 Å². The number of thiocarbonyl (C=S) groups is 1. The Morgan fingerprint density at radius 3 is 2.60 bits per heavy atom. The molecule has 1 rings (SSSR count). The van der Waals surface area contributed by atoms with E-state index in [1.165, 1.54) is 12.1 Å². The molecule has 5 nitrogen and oxygen atoms in total. The molecule has 0 bridgehead atoms. The van der Waals surface area contributed by atoms with Crippen LogP contribution in [0.1, 0.15) is 5.56 Å². The second kappa shape index (κ2) is 4.13. The fourth-order valence-electron chi connectivity index (χ4n) is 1.08. The Balaban J connectivity index is 3.33. The fourth-order valence-corrected chi connectivity index (χ4v) is 1.92. The van der Waals surface area contributed by atoms with Crippen LogP contribution in [0.2, 0.25) is 0 Å². The SMILES string of the molecule is Cc1ccc(NC(N)=S)c(S(=O)(=O)O)c1. The number of rotatable bonds is 2. The van der Waals surface area contributed by atoms with Gasteiger partial charge in [-0.2, -0.15) is 8.42 Å². The van der Waals surface area contributed by atoms with E-state index in [9.17, 15) is 8.42 Å². The molecule has 0 atom stereocenters. The Labute approximate surface area is 93.0 Å². The van der Waals surface area contributed by atoms with Crippen LogP contribution in [0.25, 0.3) is 0 Å². The summed E-state index contributed by atoms with van der Waals surface area (Å²) in [4.78, 5) is -0.240. The highest BCUT2D eigenvalue weighted by atomic mass is 32.2. The summed E-state index contributed by atoms with van der Waals surface area (Å²) in [5.74, 6) is 0. The van der Waals surface area contributed by atoms with E-state index >= 15 is 0 Å². The molecule has 82 valence electrons. The van der Waals surface area contributed by atoms with Crippen molar-refractivity contribution in [2.75, 3.05) is 5.32 Å².